The standard InChI is InChI=1S/C11H13F2NO5.ClH/c1-2-19-10(18)11(12,13)9(14)8-6(16)3-5(15)4-7(8)17;/h3-4,9,15-17H,2,14H2,1H3;1H/t9-;/m0./s1. The van der Waals surface area contributed by atoms with Gasteiger partial charge in [-0.3, -0.25) is 0 Å². The average Bonchev–Trinajstić information content (AvgIpc) is 2.27. The zero-order valence-corrected chi connectivity index (χ0v) is 11.2. The zero-order valence-electron chi connectivity index (χ0n) is 10.3. The number of carbonyl (C=O) groups is 1. The highest BCUT2D eigenvalue weighted by atomic mass is 35.5. The van der Waals surface area contributed by atoms with Gasteiger partial charge in [-0.15, -0.1) is 12.4 Å². The van der Waals surface area contributed by atoms with Crippen molar-refractivity contribution in [3.8, 4) is 17.2 Å². The molecule has 0 bridgehead atoms. The molecule has 0 unspecified atom stereocenters. The summed E-state index contributed by atoms with van der Waals surface area (Å²) in [6.07, 6.45) is 0. The SMILES string of the molecule is CCOC(=O)C(F)(F)[C@@H](N)c1c(O)cc(O)cc1O.Cl. The first-order valence-corrected chi connectivity index (χ1v) is 5.27. The van der Waals surface area contributed by atoms with Crippen molar-refractivity contribution in [1.29, 1.82) is 0 Å². The van der Waals surface area contributed by atoms with Crippen LogP contribution >= 0.6 is 12.4 Å². The van der Waals surface area contributed by atoms with E-state index in [9.17, 15) is 23.8 Å². The molecule has 0 radical (unpaired) electrons. The highest BCUT2D eigenvalue weighted by Gasteiger charge is 2.49. The summed E-state index contributed by atoms with van der Waals surface area (Å²) in [5.41, 5.74) is 4.45. The maximum atomic E-state index is 13.7. The summed E-state index contributed by atoms with van der Waals surface area (Å²) in [7, 11) is 0. The Morgan fingerprint density at radius 3 is 2.20 bits per heavy atom. The van der Waals surface area contributed by atoms with Crippen molar-refractivity contribution in [2.45, 2.75) is 18.9 Å². The molecule has 5 N–H and O–H groups in total. The maximum absolute atomic E-state index is 13.7. The Labute approximate surface area is 119 Å². The van der Waals surface area contributed by atoms with Gasteiger partial charge in [0.25, 0.3) is 0 Å². The number of rotatable bonds is 4. The van der Waals surface area contributed by atoms with Crippen molar-refractivity contribution in [2.75, 3.05) is 6.61 Å². The van der Waals surface area contributed by atoms with E-state index in [-0.39, 0.29) is 19.0 Å². The van der Waals surface area contributed by atoms with Crippen LogP contribution in [0.1, 0.15) is 18.5 Å². The van der Waals surface area contributed by atoms with Crippen LogP contribution in [0.5, 0.6) is 17.2 Å². The van der Waals surface area contributed by atoms with Gasteiger partial charge in [0.05, 0.1) is 12.2 Å². The third-order valence-corrected chi connectivity index (χ3v) is 2.37. The molecule has 1 aromatic carbocycles. The largest absolute Gasteiger partial charge is 0.508 e. The Balaban J connectivity index is 0.00000361. The van der Waals surface area contributed by atoms with Crippen molar-refractivity contribution < 1.29 is 33.6 Å². The van der Waals surface area contributed by atoms with Crippen LogP contribution in [0.3, 0.4) is 0 Å². The second-order valence-corrected chi connectivity index (χ2v) is 3.72. The van der Waals surface area contributed by atoms with Gasteiger partial charge in [0.1, 0.15) is 23.3 Å². The van der Waals surface area contributed by atoms with E-state index in [1.165, 1.54) is 6.92 Å². The van der Waals surface area contributed by atoms with E-state index < -0.39 is 40.7 Å². The molecule has 0 aliphatic carbocycles. The fourth-order valence-corrected chi connectivity index (χ4v) is 1.46. The number of carbonyl (C=O) groups excluding carboxylic acids is 1. The van der Waals surface area contributed by atoms with Crippen LogP contribution in [0.2, 0.25) is 0 Å². The minimum absolute atomic E-state index is 0. The molecule has 0 spiro atoms. The Kier molecular flexibility index (Phi) is 5.98. The monoisotopic (exact) mass is 313 g/mol. The Bertz CT molecular complexity index is 475. The van der Waals surface area contributed by atoms with E-state index in [4.69, 9.17) is 10.8 Å². The van der Waals surface area contributed by atoms with Gasteiger partial charge in [-0.25, -0.2) is 4.79 Å². The first kappa shape index (κ1) is 18.2. The highest BCUT2D eigenvalue weighted by molar-refractivity contribution is 5.85. The highest BCUT2D eigenvalue weighted by Crippen LogP contribution is 2.41. The normalized spacial score (nSPS) is 12.4. The summed E-state index contributed by atoms with van der Waals surface area (Å²) < 4.78 is 31.5. The third-order valence-electron chi connectivity index (χ3n) is 2.37. The lowest BCUT2D eigenvalue weighted by Gasteiger charge is -2.23. The summed E-state index contributed by atoms with van der Waals surface area (Å²) in [6, 6.07) is -0.876. The van der Waals surface area contributed by atoms with Crippen LogP contribution in [0.25, 0.3) is 0 Å². The van der Waals surface area contributed by atoms with Gasteiger partial charge < -0.3 is 25.8 Å². The van der Waals surface area contributed by atoms with Crippen LogP contribution in [0, 0.1) is 0 Å². The van der Waals surface area contributed by atoms with Crippen LogP contribution in [-0.2, 0) is 9.53 Å². The number of nitrogens with two attached hydrogens (primary N) is 1. The second-order valence-electron chi connectivity index (χ2n) is 3.72. The summed E-state index contributed by atoms with van der Waals surface area (Å²) >= 11 is 0. The second kappa shape index (κ2) is 6.58. The van der Waals surface area contributed by atoms with E-state index in [1.807, 2.05) is 0 Å². The van der Waals surface area contributed by atoms with Crippen LogP contribution in [-0.4, -0.2) is 33.8 Å². The topological polar surface area (TPSA) is 113 Å². The van der Waals surface area contributed by atoms with Gasteiger partial charge in [-0.05, 0) is 6.92 Å². The lowest BCUT2D eigenvalue weighted by atomic mass is 9.99. The molecule has 0 amide bonds. The minimum Gasteiger partial charge on any atom is -0.508 e. The average molecular weight is 314 g/mol. The summed E-state index contributed by atoms with van der Waals surface area (Å²) in [6.45, 7) is 1.07. The molecular formula is C11H14ClF2NO5. The molecule has 6 nitrogen and oxygen atoms in total. The van der Waals surface area contributed by atoms with Crippen LogP contribution < -0.4 is 5.73 Å². The molecule has 9 heteroatoms. The molecule has 1 rings (SSSR count). The lowest BCUT2D eigenvalue weighted by molar-refractivity contribution is -0.174. The number of aromatic hydroxyl groups is 3. The molecule has 0 aliphatic rings. The Hall–Kier alpha value is -1.80. The summed E-state index contributed by atoms with van der Waals surface area (Å²) in [5.74, 6) is -8.25. The predicted molar refractivity (Wildman–Crippen MR) is 67.2 cm³/mol. The number of hydrogen-bond donors (Lipinski definition) is 4. The molecule has 0 fully saturated rings. The third kappa shape index (κ3) is 3.40. The van der Waals surface area contributed by atoms with Gasteiger partial charge in [0, 0.05) is 12.1 Å². The van der Waals surface area contributed by atoms with E-state index in [0.717, 1.165) is 12.1 Å². The molecule has 20 heavy (non-hydrogen) atoms. The number of hydrogen-bond acceptors (Lipinski definition) is 6. The number of phenolic OH excluding ortho intramolecular Hbond substituents is 3. The van der Waals surface area contributed by atoms with E-state index >= 15 is 0 Å². The Morgan fingerprint density at radius 1 is 1.35 bits per heavy atom. The molecule has 0 aromatic heterocycles. The number of alkyl halides is 2. The molecule has 0 aliphatic heterocycles. The van der Waals surface area contributed by atoms with Gasteiger partial charge in [0.2, 0.25) is 0 Å². The summed E-state index contributed by atoms with van der Waals surface area (Å²) in [4.78, 5) is 11.1. The number of ether oxygens (including phenoxy) is 1. The first-order valence-electron chi connectivity index (χ1n) is 5.27. The lowest BCUT2D eigenvalue weighted by Crippen LogP contribution is -2.41. The summed E-state index contributed by atoms with van der Waals surface area (Å²) in [5, 5.41) is 27.9. The Morgan fingerprint density at radius 2 is 1.80 bits per heavy atom. The van der Waals surface area contributed by atoms with Crippen molar-refractivity contribution in [3.05, 3.63) is 17.7 Å². The fourth-order valence-electron chi connectivity index (χ4n) is 1.46. The minimum atomic E-state index is -4.14. The number of esters is 1. The van der Waals surface area contributed by atoms with Crippen molar-refractivity contribution in [2.24, 2.45) is 5.73 Å². The fraction of sp³-hybridized carbons (Fsp3) is 0.364. The van der Waals surface area contributed by atoms with Crippen molar-refractivity contribution >= 4 is 18.4 Å². The first-order chi connectivity index (χ1) is 8.71. The van der Waals surface area contributed by atoms with Gasteiger partial charge in [0.15, 0.2) is 0 Å². The van der Waals surface area contributed by atoms with Gasteiger partial charge >= 0.3 is 11.9 Å². The molecule has 0 heterocycles. The molecule has 0 saturated heterocycles. The van der Waals surface area contributed by atoms with E-state index in [2.05, 4.69) is 4.74 Å². The molecule has 1 atom stereocenters. The number of phenols is 3. The molecule has 114 valence electrons. The van der Waals surface area contributed by atoms with Crippen molar-refractivity contribution in [3.63, 3.8) is 0 Å². The van der Waals surface area contributed by atoms with Gasteiger partial charge in [-0.1, -0.05) is 0 Å². The van der Waals surface area contributed by atoms with Crippen LogP contribution in [0.15, 0.2) is 12.1 Å². The number of benzene rings is 1. The molecular weight excluding hydrogens is 300 g/mol. The van der Waals surface area contributed by atoms with E-state index in [1.54, 1.807) is 0 Å². The molecule has 0 saturated carbocycles. The maximum Gasteiger partial charge on any atom is 0.379 e. The van der Waals surface area contributed by atoms with Gasteiger partial charge in [-0.2, -0.15) is 8.78 Å². The van der Waals surface area contributed by atoms with Crippen molar-refractivity contribution in [1.82, 2.24) is 0 Å². The number of halogens is 3. The predicted octanol–water partition coefficient (Wildman–Crippen LogP) is 1.42. The van der Waals surface area contributed by atoms with Crippen LogP contribution in [0.4, 0.5) is 8.78 Å². The van der Waals surface area contributed by atoms with E-state index in [0.29, 0.717) is 0 Å². The quantitative estimate of drug-likeness (QED) is 0.625. The smallest absolute Gasteiger partial charge is 0.379 e. The zero-order chi connectivity index (χ0) is 14.8. The molecule has 1 aromatic rings.